The minimum absolute atomic E-state index is 0.0316. The van der Waals surface area contributed by atoms with Crippen molar-refractivity contribution < 1.29 is 33.4 Å². The molecule has 6 rings (SSSR count). The van der Waals surface area contributed by atoms with Crippen molar-refractivity contribution in [3.05, 3.63) is 153 Å². The largest absolute Gasteiger partial charge is 0.465 e. The van der Waals surface area contributed by atoms with Crippen LogP contribution >= 0.6 is 34.7 Å². The van der Waals surface area contributed by atoms with Crippen molar-refractivity contribution in [2.75, 3.05) is 24.3 Å². The van der Waals surface area contributed by atoms with Gasteiger partial charge in [0.15, 0.2) is 0 Å². The van der Waals surface area contributed by atoms with Crippen LogP contribution in [0.2, 0.25) is 5.02 Å². The quantitative estimate of drug-likeness (QED) is 0.0679. The molecular weight excluding hydrogens is 796 g/mol. The van der Waals surface area contributed by atoms with Gasteiger partial charge in [-0.2, -0.15) is 0 Å². The maximum atomic E-state index is 14.3. The highest BCUT2D eigenvalue weighted by atomic mass is 35.5. The van der Waals surface area contributed by atoms with Crippen molar-refractivity contribution in [1.82, 2.24) is 10.2 Å². The van der Waals surface area contributed by atoms with Crippen LogP contribution in [0.1, 0.15) is 68.3 Å². The van der Waals surface area contributed by atoms with Crippen LogP contribution in [-0.2, 0) is 32.0 Å². The highest BCUT2D eigenvalue weighted by molar-refractivity contribution is 8.00. The van der Waals surface area contributed by atoms with Crippen molar-refractivity contribution in [3.63, 3.8) is 0 Å². The molecule has 5 aromatic rings. The summed E-state index contributed by atoms with van der Waals surface area (Å²) in [6, 6.07) is 31.7. The molecule has 1 aliphatic heterocycles. The molecular formula is C44H41ClN4O7S2. The molecule has 1 aromatic heterocycles. The van der Waals surface area contributed by atoms with Gasteiger partial charge < -0.3 is 30.3 Å². The third-order valence-corrected chi connectivity index (χ3v) is 11.5. The van der Waals surface area contributed by atoms with Gasteiger partial charge in [0.05, 0.1) is 19.2 Å². The Morgan fingerprint density at radius 2 is 1.57 bits per heavy atom. The average Bonchev–Trinajstić information content (AvgIpc) is 3.57. The van der Waals surface area contributed by atoms with E-state index in [-0.39, 0.29) is 17.8 Å². The highest BCUT2D eigenvalue weighted by Crippen LogP contribution is 2.41. The van der Waals surface area contributed by atoms with Crippen molar-refractivity contribution in [1.29, 1.82) is 0 Å². The molecule has 3 N–H and O–H groups in total. The van der Waals surface area contributed by atoms with E-state index in [2.05, 4.69) is 16.0 Å². The van der Waals surface area contributed by atoms with Crippen LogP contribution in [0.3, 0.4) is 0 Å². The Morgan fingerprint density at radius 3 is 2.26 bits per heavy atom. The summed E-state index contributed by atoms with van der Waals surface area (Å²) in [6.07, 6.45) is 1.43. The van der Waals surface area contributed by atoms with Gasteiger partial charge in [-0.1, -0.05) is 84.4 Å². The smallest absolute Gasteiger partial charge is 0.410 e. The highest BCUT2D eigenvalue weighted by Gasteiger charge is 2.34. The number of hydrogen-bond acceptors (Lipinski definition) is 9. The SMILES string of the molecule is COC(=O)c1c(NC(=O)C(Sc2cccc(NC(=O)/C(=C\c3ccccc3Cl)NC(=O)c3ccccc3)c2)c2ccccc2)sc2c1CCN(C(=O)OC(C)(C)C)C2. The van der Waals surface area contributed by atoms with E-state index >= 15 is 0 Å². The molecule has 0 saturated heterocycles. The number of fused-ring (bicyclic) bond motifs is 1. The summed E-state index contributed by atoms with van der Waals surface area (Å²) >= 11 is 8.89. The molecule has 0 spiro atoms. The Hall–Kier alpha value is -5.89. The van der Waals surface area contributed by atoms with Gasteiger partial charge in [-0.05, 0) is 86.4 Å². The fourth-order valence-corrected chi connectivity index (χ4v) is 8.57. The lowest BCUT2D eigenvalue weighted by molar-refractivity contribution is -0.116. The number of carbonyl (C=O) groups is 5. The molecule has 0 saturated carbocycles. The van der Waals surface area contributed by atoms with Crippen LogP contribution in [-0.4, -0.2) is 53.9 Å². The summed E-state index contributed by atoms with van der Waals surface area (Å²) in [5.41, 5.74) is 2.30. The van der Waals surface area contributed by atoms with E-state index in [1.165, 1.54) is 36.3 Å². The van der Waals surface area contributed by atoms with Crippen molar-refractivity contribution in [3.8, 4) is 0 Å². The van der Waals surface area contributed by atoms with E-state index in [9.17, 15) is 24.0 Å². The van der Waals surface area contributed by atoms with E-state index < -0.39 is 40.6 Å². The van der Waals surface area contributed by atoms with E-state index in [4.69, 9.17) is 21.1 Å². The zero-order valence-electron chi connectivity index (χ0n) is 32.2. The van der Waals surface area contributed by atoms with E-state index in [1.54, 1.807) is 98.5 Å². The van der Waals surface area contributed by atoms with Gasteiger partial charge in [0.2, 0.25) is 5.91 Å². The molecule has 14 heteroatoms. The molecule has 1 aliphatic rings. The predicted octanol–water partition coefficient (Wildman–Crippen LogP) is 9.36. The maximum absolute atomic E-state index is 14.3. The summed E-state index contributed by atoms with van der Waals surface area (Å²) in [7, 11) is 1.29. The second-order valence-electron chi connectivity index (χ2n) is 14.1. The second-order valence-corrected chi connectivity index (χ2v) is 16.8. The molecule has 58 heavy (non-hydrogen) atoms. The predicted molar refractivity (Wildman–Crippen MR) is 228 cm³/mol. The number of esters is 1. The van der Waals surface area contributed by atoms with E-state index in [0.717, 1.165) is 10.4 Å². The molecule has 0 aliphatic carbocycles. The average molecular weight is 837 g/mol. The fraction of sp³-hybridized carbons (Fsp3) is 0.205. The van der Waals surface area contributed by atoms with Crippen LogP contribution < -0.4 is 16.0 Å². The van der Waals surface area contributed by atoms with Crippen molar-refractivity contribution in [2.45, 2.75) is 49.5 Å². The van der Waals surface area contributed by atoms with Gasteiger partial charge >= 0.3 is 12.1 Å². The number of rotatable bonds is 11. The Bertz CT molecular complexity index is 2360. The number of nitrogens with zero attached hydrogens (tertiary/aromatic N) is 1. The van der Waals surface area contributed by atoms with Gasteiger partial charge in [-0.15, -0.1) is 23.1 Å². The molecule has 0 bridgehead atoms. The Labute approximate surface area is 349 Å². The van der Waals surface area contributed by atoms with Crippen molar-refractivity contribution >= 4 is 81.2 Å². The van der Waals surface area contributed by atoms with Crippen LogP contribution in [0.4, 0.5) is 15.5 Å². The molecule has 1 unspecified atom stereocenters. The van der Waals surface area contributed by atoms with Gasteiger partial charge in [0.25, 0.3) is 11.8 Å². The molecule has 4 amide bonds. The molecule has 298 valence electrons. The number of thiophene rings is 1. The first kappa shape index (κ1) is 41.7. The van der Waals surface area contributed by atoms with Gasteiger partial charge in [0, 0.05) is 32.6 Å². The minimum Gasteiger partial charge on any atom is -0.465 e. The van der Waals surface area contributed by atoms with Crippen LogP contribution in [0, 0.1) is 0 Å². The maximum Gasteiger partial charge on any atom is 0.410 e. The number of methoxy groups -OCH3 is 1. The summed E-state index contributed by atoms with van der Waals surface area (Å²) in [5, 5.41) is 8.52. The molecule has 2 heterocycles. The number of anilines is 2. The number of halogens is 1. The molecule has 11 nitrogen and oxygen atoms in total. The Balaban J connectivity index is 1.24. The zero-order valence-corrected chi connectivity index (χ0v) is 34.6. The lowest BCUT2D eigenvalue weighted by Crippen LogP contribution is -2.39. The number of nitrogens with one attached hydrogen (secondary N) is 3. The number of ether oxygens (including phenoxy) is 2. The third kappa shape index (κ3) is 10.5. The van der Waals surface area contributed by atoms with E-state index in [0.29, 0.717) is 50.3 Å². The molecule has 0 fully saturated rings. The molecule has 4 aromatic carbocycles. The fourth-order valence-electron chi connectivity index (χ4n) is 6.04. The normalized spacial score (nSPS) is 13.1. The van der Waals surface area contributed by atoms with Crippen LogP contribution in [0.5, 0.6) is 0 Å². The first-order valence-corrected chi connectivity index (χ1v) is 20.3. The first-order chi connectivity index (χ1) is 27.8. The van der Waals surface area contributed by atoms with Gasteiger partial charge in [-0.3, -0.25) is 14.4 Å². The summed E-state index contributed by atoms with van der Waals surface area (Å²) < 4.78 is 10.7. The summed E-state index contributed by atoms with van der Waals surface area (Å²) in [6.45, 7) is 5.95. The van der Waals surface area contributed by atoms with Crippen LogP contribution in [0.15, 0.2) is 120 Å². The lowest BCUT2D eigenvalue weighted by Gasteiger charge is -2.30. The number of benzene rings is 4. The number of carbonyl (C=O) groups excluding carboxylic acids is 5. The lowest BCUT2D eigenvalue weighted by atomic mass is 10.0. The van der Waals surface area contributed by atoms with Crippen molar-refractivity contribution in [2.24, 2.45) is 0 Å². The van der Waals surface area contributed by atoms with Gasteiger partial charge in [-0.25, -0.2) is 9.59 Å². The number of amides is 4. The number of hydrogen-bond donors (Lipinski definition) is 3. The Morgan fingerprint density at radius 1 is 0.879 bits per heavy atom. The summed E-state index contributed by atoms with van der Waals surface area (Å²) in [5.74, 6) is -2.05. The second kappa shape index (κ2) is 18.6. The molecule has 1 atom stereocenters. The third-order valence-electron chi connectivity index (χ3n) is 8.75. The topological polar surface area (TPSA) is 143 Å². The van der Waals surface area contributed by atoms with Gasteiger partial charge in [0.1, 0.15) is 21.5 Å². The first-order valence-electron chi connectivity index (χ1n) is 18.3. The monoisotopic (exact) mass is 836 g/mol. The van der Waals surface area contributed by atoms with Crippen LogP contribution in [0.25, 0.3) is 6.08 Å². The minimum atomic E-state index is -0.795. The Kier molecular flexibility index (Phi) is 13.4. The molecule has 0 radical (unpaired) electrons. The zero-order chi connectivity index (χ0) is 41.4. The number of thioether (sulfide) groups is 1. The van der Waals surface area contributed by atoms with E-state index in [1.807, 2.05) is 36.4 Å². The standard InChI is InChI=1S/C44H41ClN4O7S2/c1-44(2,3)56-43(54)49-23-22-32-35(26-49)58-41(36(32)42(53)55-4)48-40(52)37(27-14-7-5-8-15-27)57-31-20-13-19-30(25-31)46-39(51)34(24-29-18-11-12-21-33(29)45)47-38(50)28-16-9-6-10-17-28/h5-21,24-25,37H,22-23,26H2,1-4H3,(H,46,51)(H,47,50)(H,48,52)/b34-24+. The summed E-state index contributed by atoms with van der Waals surface area (Å²) in [4.78, 5) is 70.3.